The van der Waals surface area contributed by atoms with Crippen LogP contribution in [0.15, 0.2) is 18.2 Å². The zero-order valence-corrected chi connectivity index (χ0v) is 11.1. The van der Waals surface area contributed by atoms with Crippen LogP contribution in [0.3, 0.4) is 0 Å². The first-order valence-electron chi connectivity index (χ1n) is 6.18. The smallest absolute Gasteiger partial charge is 0.126 e. The average Bonchev–Trinajstić information content (AvgIpc) is 2.56. The first kappa shape index (κ1) is 12.1. The van der Waals surface area contributed by atoms with Gasteiger partial charge in [0.05, 0.1) is 17.1 Å². The fourth-order valence-electron chi connectivity index (χ4n) is 2.43. The number of nitrogens with two attached hydrogens (primary N) is 1. The molecule has 2 rings (SSSR count). The second-order valence-electron chi connectivity index (χ2n) is 5.21. The molecular formula is C14H21N3. The minimum Gasteiger partial charge on any atom is -0.330 e. The van der Waals surface area contributed by atoms with E-state index in [1.54, 1.807) is 0 Å². The van der Waals surface area contributed by atoms with Crippen molar-refractivity contribution in [1.29, 1.82) is 0 Å². The Labute approximate surface area is 103 Å². The minimum absolute atomic E-state index is 0.0202. The average molecular weight is 231 g/mol. The van der Waals surface area contributed by atoms with Gasteiger partial charge in [0.1, 0.15) is 5.82 Å². The largest absolute Gasteiger partial charge is 0.330 e. The third-order valence-corrected chi connectivity index (χ3v) is 3.19. The molecular weight excluding hydrogens is 210 g/mol. The van der Waals surface area contributed by atoms with E-state index in [2.05, 4.69) is 43.4 Å². The number of hydrogen-bond acceptors (Lipinski definition) is 2. The Morgan fingerprint density at radius 2 is 2.06 bits per heavy atom. The lowest BCUT2D eigenvalue weighted by atomic mass is 10.0. The van der Waals surface area contributed by atoms with E-state index in [1.165, 1.54) is 11.1 Å². The highest BCUT2D eigenvalue weighted by Crippen LogP contribution is 2.24. The predicted octanol–water partition coefficient (Wildman–Crippen LogP) is 2.93. The van der Waals surface area contributed by atoms with Gasteiger partial charge in [0.15, 0.2) is 0 Å². The lowest BCUT2D eigenvalue weighted by Gasteiger charge is -2.14. The molecule has 0 fully saturated rings. The molecule has 1 heterocycles. The van der Waals surface area contributed by atoms with Gasteiger partial charge in [-0.2, -0.15) is 0 Å². The molecule has 1 unspecified atom stereocenters. The lowest BCUT2D eigenvalue weighted by Crippen LogP contribution is -2.17. The number of fused-ring (bicyclic) bond motifs is 1. The van der Waals surface area contributed by atoms with Crippen LogP contribution in [-0.2, 0) is 7.05 Å². The van der Waals surface area contributed by atoms with Gasteiger partial charge in [-0.25, -0.2) is 4.98 Å². The summed E-state index contributed by atoms with van der Waals surface area (Å²) in [5.74, 6) is 1.58. The van der Waals surface area contributed by atoms with Gasteiger partial charge in [-0.1, -0.05) is 26.0 Å². The van der Waals surface area contributed by atoms with Gasteiger partial charge in [-0.3, -0.25) is 0 Å². The maximum Gasteiger partial charge on any atom is 0.126 e. The molecule has 0 amide bonds. The summed E-state index contributed by atoms with van der Waals surface area (Å²) in [4.78, 5) is 4.66. The van der Waals surface area contributed by atoms with E-state index in [4.69, 9.17) is 5.73 Å². The van der Waals surface area contributed by atoms with Crippen molar-refractivity contribution in [3.05, 3.63) is 29.6 Å². The molecule has 2 N–H and O–H groups in total. The van der Waals surface area contributed by atoms with Crippen molar-refractivity contribution in [2.24, 2.45) is 18.7 Å². The van der Waals surface area contributed by atoms with Crippen LogP contribution in [0.2, 0.25) is 0 Å². The summed E-state index contributed by atoms with van der Waals surface area (Å²) in [6.07, 6.45) is 0.968. The number of nitrogens with zero attached hydrogens (tertiary/aromatic N) is 2. The summed E-state index contributed by atoms with van der Waals surface area (Å²) in [6.45, 7) is 6.49. The highest BCUT2D eigenvalue weighted by atomic mass is 15.1. The van der Waals surface area contributed by atoms with Crippen molar-refractivity contribution in [3.8, 4) is 0 Å². The van der Waals surface area contributed by atoms with E-state index in [1.807, 2.05) is 12.1 Å². The Balaban J connectivity index is 2.49. The number of rotatable bonds is 3. The Hall–Kier alpha value is -1.35. The van der Waals surface area contributed by atoms with E-state index in [0.29, 0.717) is 5.92 Å². The normalized spacial score (nSPS) is 13.5. The molecule has 0 aliphatic rings. The topological polar surface area (TPSA) is 43.8 Å². The predicted molar refractivity (Wildman–Crippen MR) is 71.8 cm³/mol. The van der Waals surface area contributed by atoms with E-state index in [-0.39, 0.29) is 6.04 Å². The molecule has 0 radical (unpaired) electrons. The summed E-state index contributed by atoms with van der Waals surface area (Å²) in [5, 5.41) is 0. The molecule has 0 bridgehead atoms. The molecule has 0 saturated heterocycles. The molecule has 0 spiro atoms. The Morgan fingerprint density at radius 1 is 1.35 bits per heavy atom. The molecule has 2 aromatic rings. The Kier molecular flexibility index (Phi) is 3.20. The number of aromatic nitrogens is 2. The summed E-state index contributed by atoms with van der Waals surface area (Å²) < 4.78 is 2.14. The van der Waals surface area contributed by atoms with E-state index >= 15 is 0 Å². The number of benzene rings is 1. The van der Waals surface area contributed by atoms with Gasteiger partial charge < -0.3 is 10.3 Å². The van der Waals surface area contributed by atoms with Crippen LogP contribution >= 0.6 is 0 Å². The summed E-state index contributed by atoms with van der Waals surface area (Å²) in [7, 11) is 2.05. The molecule has 3 heteroatoms. The van der Waals surface area contributed by atoms with E-state index in [0.717, 1.165) is 17.8 Å². The second-order valence-corrected chi connectivity index (χ2v) is 5.21. The van der Waals surface area contributed by atoms with Crippen LogP contribution in [0.1, 0.15) is 37.7 Å². The van der Waals surface area contributed by atoms with Crippen LogP contribution in [-0.4, -0.2) is 9.55 Å². The van der Waals surface area contributed by atoms with Gasteiger partial charge in [0, 0.05) is 7.05 Å². The molecule has 0 aliphatic heterocycles. The minimum atomic E-state index is 0.0202. The number of aryl methyl sites for hydroxylation is 2. The van der Waals surface area contributed by atoms with E-state index in [9.17, 15) is 0 Å². The fraction of sp³-hybridized carbons (Fsp3) is 0.500. The van der Waals surface area contributed by atoms with Gasteiger partial charge >= 0.3 is 0 Å². The summed E-state index contributed by atoms with van der Waals surface area (Å²) in [6, 6.07) is 6.23. The van der Waals surface area contributed by atoms with Crippen molar-refractivity contribution in [2.45, 2.75) is 33.2 Å². The van der Waals surface area contributed by atoms with Crippen molar-refractivity contribution in [2.75, 3.05) is 0 Å². The van der Waals surface area contributed by atoms with Gasteiger partial charge in [-0.05, 0) is 30.9 Å². The van der Waals surface area contributed by atoms with Gasteiger partial charge in [0.25, 0.3) is 0 Å². The summed E-state index contributed by atoms with van der Waals surface area (Å²) in [5.41, 5.74) is 9.72. The first-order valence-corrected chi connectivity index (χ1v) is 6.18. The van der Waals surface area contributed by atoms with Crippen LogP contribution in [0.4, 0.5) is 0 Å². The van der Waals surface area contributed by atoms with Gasteiger partial charge in [0.2, 0.25) is 0 Å². The van der Waals surface area contributed by atoms with E-state index < -0.39 is 0 Å². The molecule has 17 heavy (non-hydrogen) atoms. The first-order chi connectivity index (χ1) is 8.00. The Morgan fingerprint density at radius 3 is 2.65 bits per heavy atom. The molecule has 92 valence electrons. The summed E-state index contributed by atoms with van der Waals surface area (Å²) >= 11 is 0. The van der Waals surface area contributed by atoms with Crippen LogP contribution < -0.4 is 5.73 Å². The molecule has 1 atom stereocenters. The molecule has 0 aliphatic carbocycles. The third-order valence-electron chi connectivity index (χ3n) is 3.19. The lowest BCUT2D eigenvalue weighted by molar-refractivity contribution is 0.485. The maximum atomic E-state index is 6.23. The number of imidazole rings is 1. The second kappa shape index (κ2) is 4.49. The Bertz CT molecular complexity index is 525. The van der Waals surface area contributed by atoms with Crippen molar-refractivity contribution < 1.29 is 0 Å². The highest BCUT2D eigenvalue weighted by Gasteiger charge is 2.16. The zero-order valence-electron chi connectivity index (χ0n) is 11.1. The van der Waals surface area contributed by atoms with Crippen molar-refractivity contribution >= 4 is 11.0 Å². The molecule has 0 saturated carbocycles. The maximum absolute atomic E-state index is 6.23. The molecule has 3 nitrogen and oxygen atoms in total. The third kappa shape index (κ3) is 2.20. The van der Waals surface area contributed by atoms with Gasteiger partial charge in [-0.15, -0.1) is 0 Å². The van der Waals surface area contributed by atoms with Crippen LogP contribution in [0.5, 0.6) is 0 Å². The monoisotopic (exact) mass is 231 g/mol. The fourth-order valence-corrected chi connectivity index (χ4v) is 2.43. The van der Waals surface area contributed by atoms with Crippen molar-refractivity contribution in [1.82, 2.24) is 9.55 Å². The molecule has 1 aromatic carbocycles. The van der Waals surface area contributed by atoms with Crippen molar-refractivity contribution in [3.63, 3.8) is 0 Å². The highest BCUT2D eigenvalue weighted by molar-refractivity contribution is 5.79. The SMILES string of the molecule is Cc1cccc2nc(C(N)CC(C)C)n(C)c12. The standard InChI is InChI=1S/C14H21N3/c1-9(2)8-11(15)14-16-12-7-5-6-10(3)13(12)17(14)4/h5-7,9,11H,8,15H2,1-4H3. The van der Waals surface area contributed by atoms with Crippen LogP contribution in [0, 0.1) is 12.8 Å². The van der Waals surface area contributed by atoms with Crippen LogP contribution in [0.25, 0.3) is 11.0 Å². The molecule has 1 aromatic heterocycles. The number of para-hydroxylation sites is 1. The quantitative estimate of drug-likeness (QED) is 0.882. The number of hydrogen-bond donors (Lipinski definition) is 1. The zero-order chi connectivity index (χ0) is 12.6.